The Bertz CT molecular complexity index is 1380. The number of aryl methyl sites for hydroxylation is 2. The summed E-state index contributed by atoms with van der Waals surface area (Å²) >= 11 is 6.09. The number of nitrogens with zero attached hydrogens (tertiary/aromatic N) is 6. The number of amides is 1. The molecule has 10 nitrogen and oxygen atoms in total. The van der Waals surface area contributed by atoms with Gasteiger partial charge in [0.1, 0.15) is 0 Å². The molecule has 0 aliphatic rings. The van der Waals surface area contributed by atoms with Crippen molar-refractivity contribution in [3.05, 3.63) is 68.8 Å². The summed E-state index contributed by atoms with van der Waals surface area (Å²) in [5.74, 6) is -0.194. The number of imidazole rings is 1. The SMILES string of the molecule is Cn1c(=O)c2c(ncn2CCCC(=O)Nc2cc(Cl)ccc2-n2cccn2)n(C)c1=O. The van der Waals surface area contributed by atoms with Gasteiger partial charge in [-0.15, -0.1) is 0 Å². The minimum atomic E-state index is -0.434. The second kappa shape index (κ2) is 8.23. The van der Waals surface area contributed by atoms with Gasteiger partial charge in [0.2, 0.25) is 5.91 Å². The number of hydrogen-bond acceptors (Lipinski definition) is 5. The summed E-state index contributed by atoms with van der Waals surface area (Å²) in [6, 6.07) is 6.97. The van der Waals surface area contributed by atoms with Gasteiger partial charge in [-0.25, -0.2) is 14.5 Å². The van der Waals surface area contributed by atoms with Crippen LogP contribution in [-0.4, -0.2) is 34.4 Å². The first-order chi connectivity index (χ1) is 14.9. The van der Waals surface area contributed by atoms with E-state index in [2.05, 4.69) is 15.4 Å². The van der Waals surface area contributed by atoms with Crippen LogP contribution in [0.15, 0.2) is 52.6 Å². The standard InChI is InChI=1S/C20H20ClN7O3/c1-25-18-17(19(30)26(2)20(25)31)27(12-22-18)9-3-5-16(29)24-14-11-13(21)6-7-15(14)28-10-4-8-23-28/h4,6-8,10-12H,3,5,9H2,1-2H3,(H,24,29). The van der Waals surface area contributed by atoms with Gasteiger partial charge >= 0.3 is 5.69 Å². The molecule has 0 spiro atoms. The molecule has 0 bridgehead atoms. The quantitative estimate of drug-likeness (QED) is 0.489. The van der Waals surface area contributed by atoms with Crippen LogP contribution in [0.2, 0.25) is 5.02 Å². The van der Waals surface area contributed by atoms with Crippen LogP contribution < -0.4 is 16.6 Å². The Hall–Kier alpha value is -3.66. The number of aromatic nitrogens is 6. The molecule has 31 heavy (non-hydrogen) atoms. The fourth-order valence-electron chi connectivity index (χ4n) is 3.41. The third-order valence-corrected chi connectivity index (χ3v) is 5.24. The lowest BCUT2D eigenvalue weighted by Gasteiger charge is -2.12. The summed E-state index contributed by atoms with van der Waals surface area (Å²) in [4.78, 5) is 41.2. The van der Waals surface area contributed by atoms with Crippen molar-refractivity contribution >= 4 is 34.4 Å². The summed E-state index contributed by atoms with van der Waals surface area (Å²) in [5.41, 5.74) is 1.06. The van der Waals surface area contributed by atoms with Gasteiger partial charge in [0, 0.05) is 44.5 Å². The van der Waals surface area contributed by atoms with Gasteiger partial charge in [-0.05, 0) is 30.7 Å². The zero-order valence-corrected chi connectivity index (χ0v) is 17.7. The first-order valence-corrected chi connectivity index (χ1v) is 9.95. The van der Waals surface area contributed by atoms with Gasteiger partial charge in [0.05, 0.1) is 17.7 Å². The fourth-order valence-corrected chi connectivity index (χ4v) is 3.58. The summed E-state index contributed by atoms with van der Waals surface area (Å²) in [6.45, 7) is 0.402. The molecule has 0 fully saturated rings. The second-order valence-corrected chi connectivity index (χ2v) is 7.52. The number of carbonyl (C=O) groups is 1. The van der Waals surface area contributed by atoms with E-state index >= 15 is 0 Å². The van der Waals surface area contributed by atoms with Gasteiger partial charge in [0.25, 0.3) is 5.56 Å². The van der Waals surface area contributed by atoms with E-state index in [0.717, 1.165) is 4.57 Å². The molecular formula is C20H20ClN7O3. The topological polar surface area (TPSA) is 109 Å². The molecule has 1 amide bonds. The van der Waals surface area contributed by atoms with Gasteiger partial charge in [0.15, 0.2) is 11.2 Å². The maximum absolute atomic E-state index is 12.5. The third kappa shape index (κ3) is 3.89. The molecule has 11 heteroatoms. The molecule has 0 unspecified atom stereocenters. The zero-order valence-electron chi connectivity index (χ0n) is 16.9. The maximum atomic E-state index is 12.5. The Morgan fingerprint density at radius 3 is 2.74 bits per heavy atom. The van der Waals surface area contributed by atoms with Crippen LogP contribution in [0.4, 0.5) is 5.69 Å². The van der Waals surface area contributed by atoms with Gasteiger partial charge < -0.3 is 9.88 Å². The van der Waals surface area contributed by atoms with Crippen molar-refractivity contribution < 1.29 is 4.79 Å². The van der Waals surface area contributed by atoms with E-state index in [1.807, 2.05) is 0 Å². The highest BCUT2D eigenvalue weighted by Gasteiger charge is 2.15. The van der Waals surface area contributed by atoms with E-state index < -0.39 is 11.2 Å². The number of halogens is 1. The lowest BCUT2D eigenvalue weighted by Crippen LogP contribution is -2.37. The summed E-state index contributed by atoms with van der Waals surface area (Å²) in [7, 11) is 2.99. The van der Waals surface area contributed by atoms with Gasteiger partial charge in [-0.1, -0.05) is 11.6 Å². The number of anilines is 1. The average molecular weight is 442 g/mol. The molecule has 3 aromatic heterocycles. The summed E-state index contributed by atoms with van der Waals surface area (Å²) in [5, 5.41) is 7.57. The molecule has 3 heterocycles. The van der Waals surface area contributed by atoms with E-state index in [4.69, 9.17) is 11.6 Å². The van der Waals surface area contributed by atoms with Gasteiger partial charge in [-0.2, -0.15) is 5.10 Å². The Balaban J connectivity index is 1.47. The van der Waals surface area contributed by atoms with E-state index in [-0.39, 0.29) is 12.3 Å². The van der Waals surface area contributed by atoms with E-state index in [1.54, 1.807) is 53.0 Å². The number of benzene rings is 1. The number of carbonyl (C=O) groups excluding carboxylic acids is 1. The first-order valence-electron chi connectivity index (χ1n) is 9.57. The van der Waals surface area contributed by atoms with Crippen molar-refractivity contribution in [1.82, 2.24) is 28.5 Å². The Kier molecular flexibility index (Phi) is 5.47. The molecule has 0 aliphatic heterocycles. The Morgan fingerprint density at radius 1 is 1.19 bits per heavy atom. The molecule has 160 valence electrons. The minimum Gasteiger partial charge on any atom is -0.325 e. The van der Waals surface area contributed by atoms with E-state index in [1.165, 1.54) is 17.9 Å². The van der Waals surface area contributed by atoms with Crippen molar-refractivity contribution in [2.75, 3.05) is 5.32 Å². The van der Waals surface area contributed by atoms with Crippen molar-refractivity contribution in [3.8, 4) is 5.69 Å². The summed E-state index contributed by atoms with van der Waals surface area (Å²) < 4.78 is 5.68. The zero-order chi connectivity index (χ0) is 22.1. The van der Waals surface area contributed by atoms with Crippen LogP contribution in [-0.2, 0) is 25.4 Å². The predicted octanol–water partition coefficient (Wildman–Crippen LogP) is 1.69. The maximum Gasteiger partial charge on any atom is 0.332 e. The molecule has 0 saturated carbocycles. The fraction of sp³-hybridized carbons (Fsp3) is 0.250. The number of fused-ring (bicyclic) bond motifs is 1. The molecule has 4 rings (SSSR count). The van der Waals surface area contributed by atoms with E-state index in [9.17, 15) is 14.4 Å². The highest BCUT2D eigenvalue weighted by molar-refractivity contribution is 6.31. The second-order valence-electron chi connectivity index (χ2n) is 7.08. The van der Waals surface area contributed by atoms with Crippen molar-refractivity contribution in [2.24, 2.45) is 14.1 Å². The minimum absolute atomic E-state index is 0.194. The average Bonchev–Trinajstić information content (AvgIpc) is 3.41. The largest absolute Gasteiger partial charge is 0.332 e. The van der Waals surface area contributed by atoms with Crippen LogP contribution in [0.3, 0.4) is 0 Å². The van der Waals surface area contributed by atoms with Crippen LogP contribution in [0.5, 0.6) is 0 Å². The van der Waals surface area contributed by atoms with Crippen molar-refractivity contribution in [2.45, 2.75) is 19.4 Å². The molecule has 0 atom stereocenters. The molecule has 0 aliphatic carbocycles. The highest BCUT2D eigenvalue weighted by atomic mass is 35.5. The van der Waals surface area contributed by atoms with Crippen molar-refractivity contribution in [1.29, 1.82) is 0 Å². The Labute approximate surface area is 181 Å². The molecule has 0 saturated heterocycles. The summed E-state index contributed by atoms with van der Waals surface area (Å²) in [6.07, 6.45) is 5.63. The number of nitrogens with one attached hydrogen (secondary N) is 1. The molecular weight excluding hydrogens is 422 g/mol. The lowest BCUT2D eigenvalue weighted by molar-refractivity contribution is -0.116. The first kappa shape index (κ1) is 20.6. The molecule has 1 aromatic carbocycles. The predicted molar refractivity (Wildman–Crippen MR) is 117 cm³/mol. The molecule has 1 N–H and O–H groups in total. The van der Waals surface area contributed by atoms with E-state index in [0.29, 0.717) is 40.5 Å². The van der Waals surface area contributed by atoms with Crippen LogP contribution in [0.25, 0.3) is 16.9 Å². The van der Waals surface area contributed by atoms with Gasteiger partial charge in [-0.3, -0.25) is 18.7 Å². The highest BCUT2D eigenvalue weighted by Crippen LogP contribution is 2.24. The third-order valence-electron chi connectivity index (χ3n) is 5.00. The number of rotatable bonds is 6. The lowest BCUT2D eigenvalue weighted by atomic mass is 10.2. The monoisotopic (exact) mass is 441 g/mol. The van der Waals surface area contributed by atoms with Crippen LogP contribution in [0.1, 0.15) is 12.8 Å². The van der Waals surface area contributed by atoms with Crippen LogP contribution >= 0.6 is 11.6 Å². The smallest absolute Gasteiger partial charge is 0.325 e. The van der Waals surface area contributed by atoms with Crippen LogP contribution in [0, 0.1) is 0 Å². The van der Waals surface area contributed by atoms with Crippen molar-refractivity contribution in [3.63, 3.8) is 0 Å². The number of hydrogen-bond donors (Lipinski definition) is 1. The normalized spacial score (nSPS) is 11.2. The molecule has 4 aromatic rings. The Morgan fingerprint density at radius 2 is 2.00 bits per heavy atom. The molecule has 0 radical (unpaired) electrons.